The lowest BCUT2D eigenvalue weighted by molar-refractivity contribution is 0.0793. The third-order valence-electron chi connectivity index (χ3n) is 3.91. The second-order valence-corrected chi connectivity index (χ2v) is 5.28. The minimum Gasteiger partial charge on any atom is -0.445 e. The molecule has 0 aromatic heterocycles. The number of benzene rings is 1. The van der Waals surface area contributed by atoms with Crippen LogP contribution < -0.4 is 0 Å². The fourth-order valence-corrected chi connectivity index (χ4v) is 2.50. The zero-order chi connectivity index (χ0) is 14.4. The average Bonchev–Trinajstić information content (AvgIpc) is 2.53. The van der Waals surface area contributed by atoms with Gasteiger partial charge in [-0.15, -0.1) is 0 Å². The van der Waals surface area contributed by atoms with Gasteiger partial charge in [0.15, 0.2) is 0 Å². The molecule has 1 aromatic rings. The Labute approximate surface area is 120 Å². The van der Waals surface area contributed by atoms with E-state index in [1.165, 1.54) is 0 Å². The third kappa shape index (κ3) is 3.74. The molecule has 1 aliphatic rings. The molecule has 1 heterocycles. The van der Waals surface area contributed by atoms with Crippen LogP contribution in [-0.2, 0) is 11.3 Å². The molecule has 106 valence electrons. The number of piperidine rings is 1. The van der Waals surface area contributed by atoms with E-state index in [1.54, 1.807) is 4.90 Å². The number of ether oxygens (including phenoxy) is 1. The van der Waals surface area contributed by atoms with Crippen molar-refractivity contribution in [2.75, 3.05) is 13.1 Å². The van der Waals surface area contributed by atoms with Crippen molar-refractivity contribution in [1.82, 2.24) is 4.90 Å². The van der Waals surface area contributed by atoms with E-state index in [9.17, 15) is 4.79 Å². The second kappa shape index (κ2) is 6.95. The van der Waals surface area contributed by atoms with Crippen LogP contribution in [-0.4, -0.2) is 24.1 Å². The van der Waals surface area contributed by atoms with Crippen molar-refractivity contribution in [3.8, 4) is 6.07 Å². The number of likely N-dealkylation sites (tertiary alicyclic amines) is 1. The van der Waals surface area contributed by atoms with Crippen LogP contribution in [0.15, 0.2) is 30.3 Å². The molecule has 4 heteroatoms. The van der Waals surface area contributed by atoms with Gasteiger partial charge in [-0.2, -0.15) is 5.26 Å². The van der Waals surface area contributed by atoms with Crippen molar-refractivity contribution in [1.29, 1.82) is 5.26 Å². The standard InChI is InChI=1S/C16H20N2O2/c1-13(11-17)15-7-9-18(10-8-15)16(19)20-12-14-5-3-2-4-6-14/h2-6,13,15H,7-10,12H2,1H3. The van der Waals surface area contributed by atoms with E-state index < -0.39 is 0 Å². The van der Waals surface area contributed by atoms with Crippen LogP contribution in [0.3, 0.4) is 0 Å². The van der Waals surface area contributed by atoms with Crippen LogP contribution >= 0.6 is 0 Å². The molecule has 0 aliphatic carbocycles. The van der Waals surface area contributed by atoms with Gasteiger partial charge in [-0.3, -0.25) is 0 Å². The van der Waals surface area contributed by atoms with Crippen LogP contribution in [0.4, 0.5) is 4.79 Å². The molecule has 0 bridgehead atoms. The smallest absolute Gasteiger partial charge is 0.410 e. The highest BCUT2D eigenvalue weighted by Crippen LogP contribution is 2.24. The van der Waals surface area contributed by atoms with Gasteiger partial charge >= 0.3 is 6.09 Å². The van der Waals surface area contributed by atoms with Gasteiger partial charge in [-0.1, -0.05) is 30.3 Å². The van der Waals surface area contributed by atoms with Crippen molar-refractivity contribution in [2.45, 2.75) is 26.4 Å². The van der Waals surface area contributed by atoms with Gasteiger partial charge < -0.3 is 9.64 Å². The highest BCUT2D eigenvalue weighted by molar-refractivity contribution is 5.67. The van der Waals surface area contributed by atoms with E-state index in [1.807, 2.05) is 37.3 Å². The van der Waals surface area contributed by atoms with Crippen LogP contribution in [0, 0.1) is 23.2 Å². The minimum atomic E-state index is -0.253. The van der Waals surface area contributed by atoms with Crippen molar-refractivity contribution in [3.63, 3.8) is 0 Å². The Morgan fingerprint density at radius 3 is 2.65 bits per heavy atom. The third-order valence-corrected chi connectivity index (χ3v) is 3.91. The number of hydrogen-bond donors (Lipinski definition) is 0. The summed E-state index contributed by atoms with van der Waals surface area (Å²) < 4.78 is 5.31. The summed E-state index contributed by atoms with van der Waals surface area (Å²) in [4.78, 5) is 13.7. The topological polar surface area (TPSA) is 53.3 Å². The van der Waals surface area contributed by atoms with Gasteiger partial charge in [0.25, 0.3) is 0 Å². The van der Waals surface area contributed by atoms with E-state index in [-0.39, 0.29) is 12.0 Å². The molecule has 1 amide bonds. The maximum atomic E-state index is 12.0. The summed E-state index contributed by atoms with van der Waals surface area (Å²) >= 11 is 0. The van der Waals surface area contributed by atoms with E-state index >= 15 is 0 Å². The Bertz CT molecular complexity index is 473. The summed E-state index contributed by atoms with van der Waals surface area (Å²) in [6.07, 6.45) is 1.52. The summed E-state index contributed by atoms with van der Waals surface area (Å²) in [5, 5.41) is 8.92. The molecule has 1 aliphatic heterocycles. The lowest BCUT2D eigenvalue weighted by Crippen LogP contribution is -2.39. The van der Waals surface area contributed by atoms with Gasteiger partial charge in [0, 0.05) is 19.0 Å². The average molecular weight is 272 g/mol. The fraction of sp³-hybridized carbons (Fsp3) is 0.500. The first-order valence-electron chi connectivity index (χ1n) is 7.06. The molecular formula is C16H20N2O2. The second-order valence-electron chi connectivity index (χ2n) is 5.28. The Hall–Kier alpha value is -2.02. The van der Waals surface area contributed by atoms with E-state index in [2.05, 4.69) is 6.07 Å². The van der Waals surface area contributed by atoms with Crippen molar-refractivity contribution >= 4 is 6.09 Å². The number of carbonyl (C=O) groups is 1. The normalized spacial score (nSPS) is 17.3. The van der Waals surface area contributed by atoms with E-state index in [4.69, 9.17) is 10.00 Å². The molecule has 20 heavy (non-hydrogen) atoms. The zero-order valence-corrected chi connectivity index (χ0v) is 11.8. The van der Waals surface area contributed by atoms with Gasteiger partial charge in [0.1, 0.15) is 6.61 Å². The van der Waals surface area contributed by atoms with Crippen LogP contribution in [0.5, 0.6) is 0 Å². The Morgan fingerprint density at radius 2 is 2.05 bits per heavy atom. The summed E-state index contributed by atoms with van der Waals surface area (Å²) in [6, 6.07) is 12.0. The molecule has 1 saturated heterocycles. The molecule has 1 aromatic carbocycles. The molecule has 1 unspecified atom stereocenters. The Kier molecular flexibility index (Phi) is 5.00. The molecule has 0 N–H and O–H groups in total. The number of carbonyl (C=O) groups excluding carboxylic acids is 1. The lowest BCUT2D eigenvalue weighted by atomic mass is 9.86. The number of nitriles is 1. The molecule has 0 radical (unpaired) electrons. The number of amides is 1. The molecule has 2 rings (SSSR count). The van der Waals surface area contributed by atoms with Gasteiger partial charge in [-0.05, 0) is 31.2 Å². The molecule has 0 saturated carbocycles. The summed E-state index contributed by atoms with van der Waals surface area (Å²) in [6.45, 7) is 3.64. The highest BCUT2D eigenvalue weighted by atomic mass is 16.6. The maximum Gasteiger partial charge on any atom is 0.410 e. The van der Waals surface area contributed by atoms with Crippen LogP contribution in [0.1, 0.15) is 25.3 Å². The molecule has 4 nitrogen and oxygen atoms in total. The Balaban J connectivity index is 1.76. The first-order chi connectivity index (χ1) is 9.70. The molecule has 1 fully saturated rings. The first kappa shape index (κ1) is 14.4. The SMILES string of the molecule is CC(C#N)C1CCN(C(=O)OCc2ccccc2)CC1. The number of nitrogens with zero attached hydrogens (tertiary/aromatic N) is 2. The van der Waals surface area contributed by atoms with E-state index in [0.29, 0.717) is 25.6 Å². The maximum absolute atomic E-state index is 12.0. The molecule has 1 atom stereocenters. The van der Waals surface area contributed by atoms with Gasteiger partial charge in [-0.25, -0.2) is 4.79 Å². The Morgan fingerprint density at radius 1 is 1.40 bits per heavy atom. The van der Waals surface area contributed by atoms with E-state index in [0.717, 1.165) is 18.4 Å². The fourth-order valence-electron chi connectivity index (χ4n) is 2.50. The highest BCUT2D eigenvalue weighted by Gasteiger charge is 2.26. The zero-order valence-electron chi connectivity index (χ0n) is 11.8. The van der Waals surface area contributed by atoms with Crippen molar-refractivity contribution in [2.24, 2.45) is 11.8 Å². The minimum absolute atomic E-state index is 0.0671. The molecular weight excluding hydrogens is 252 g/mol. The predicted molar refractivity (Wildman–Crippen MR) is 75.7 cm³/mol. The van der Waals surface area contributed by atoms with Crippen LogP contribution in [0.25, 0.3) is 0 Å². The lowest BCUT2D eigenvalue weighted by Gasteiger charge is -2.32. The molecule has 0 spiro atoms. The monoisotopic (exact) mass is 272 g/mol. The number of rotatable bonds is 3. The van der Waals surface area contributed by atoms with Crippen LogP contribution in [0.2, 0.25) is 0 Å². The van der Waals surface area contributed by atoms with Gasteiger partial charge in [0.2, 0.25) is 0 Å². The quantitative estimate of drug-likeness (QED) is 0.849. The summed E-state index contributed by atoms with van der Waals surface area (Å²) in [5.41, 5.74) is 0.994. The van der Waals surface area contributed by atoms with Crippen molar-refractivity contribution in [3.05, 3.63) is 35.9 Å². The van der Waals surface area contributed by atoms with Gasteiger partial charge in [0.05, 0.1) is 6.07 Å². The summed E-state index contributed by atoms with van der Waals surface area (Å²) in [7, 11) is 0. The first-order valence-corrected chi connectivity index (χ1v) is 7.06. The largest absolute Gasteiger partial charge is 0.445 e. The summed E-state index contributed by atoms with van der Waals surface area (Å²) in [5.74, 6) is 0.468. The number of hydrogen-bond acceptors (Lipinski definition) is 3. The van der Waals surface area contributed by atoms with Crippen molar-refractivity contribution < 1.29 is 9.53 Å². The predicted octanol–water partition coefficient (Wildman–Crippen LogP) is 3.19.